The van der Waals surface area contributed by atoms with Gasteiger partial charge in [0.05, 0.1) is 69.1 Å². The predicted molar refractivity (Wildman–Crippen MR) is 291 cm³/mol. The van der Waals surface area contributed by atoms with E-state index in [1.54, 1.807) is 76.0 Å². The van der Waals surface area contributed by atoms with Crippen molar-refractivity contribution in [3.05, 3.63) is 242 Å². The SMILES string of the molecule is [2H]c1c([2H])c([2H])c(-c2cccc(-c3c([2H])c([2H])c([2H])c([2H])c3[2H])c2-[n+]2[c-]n(-c3cccc(Oc4ccc5c6cc(-n7c8c([2H])c([2H])c([2H])c([2H])c8c8c([2H])c([2H])c([2H])c([2H])c87)ccc6n(-c6cc(CC(C)(C)C)ccn6)c5c4)c3)c3ccccc32)c([2H])c1[2H]. The topological polar surface area (TPSA) is 40.8 Å². The van der Waals surface area contributed by atoms with E-state index in [2.05, 4.69) is 27.1 Å². The predicted octanol–water partition coefficient (Wildman–Crippen LogP) is 16.0. The first-order valence-electron chi connectivity index (χ1n) is 31.8. The number of ether oxygens (including phenoxy) is 1. The van der Waals surface area contributed by atoms with Gasteiger partial charge >= 0.3 is 0 Å². The van der Waals surface area contributed by atoms with E-state index in [0.29, 0.717) is 56.1 Å². The third kappa shape index (κ3) is 7.43. The van der Waals surface area contributed by atoms with Crippen LogP contribution < -0.4 is 9.30 Å². The summed E-state index contributed by atoms with van der Waals surface area (Å²) in [4.78, 5) is 4.89. The highest BCUT2D eigenvalue weighted by Crippen LogP contribution is 2.40. The van der Waals surface area contributed by atoms with E-state index in [-0.39, 0.29) is 55.2 Å². The van der Waals surface area contributed by atoms with E-state index in [0.717, 1.165) is 17.4 Å². The van der Waals surface area contributed by atoms with Crippen LogP contribution in [0.2, 0.25) is 0 Å². The number of pyridine rings is 1. The second kappa shape index (κ2) is 16.9. The molecule has 0 bridgehead atoms. The minimum Gasteiger partial charge on any atom is -0.458 e. The summed E-state index contributed by atoms with van der Waals surface area (Å²) in [6.45, 7) is 6.44. The standard InChI is InChI=1S/C65H49N5O/c1-65(2,3)42-44-36-37-66-63(38-44)70-59-35-32-48(69-57-28-12-10-24-53(57)54-25-11-13-29-58(54)69)40-56(59)55-34-33-50(41-62(55)70)71-49-23-16-22-47(39-49)67-43-68(61-31-15-14-30-60(61)67)64-51(45-18-6-4-7-19-45)26-17-27-52(64)46-20-8-5-9-21-46/h4-41H,42H2,1-3H3/i4D,5D,6D,7D,8D,9D,10D,11D,12D,13D,18D,19D,20D,21D,24D,25D,28D,29D. The maximum atomic E-state index is 9.16. The fourth-order valence-corrected chi connectivity index (χ4v) is 9.62. The van der Waals surface area contributed by atoms with Gasteiger partial charge in [0, 0.05) is 39.5 Å². The first kappa shape index (κ1) is 27.3. The molecule has 0 radical (unpaired) electrons. The fourth-order valence-electron chi connectivity index (χ4n) is 9.62. The molecule has 9 aromatic carbocycles. The summed E-state index contributed by atoms with van der Waals surface area (Å²) in [5, 5.41) is 1.33. The lowest BCUT2D eigenvalue weighted by Crippen LogP contribution is -2.31. The molecule has 0 fully saturated rings. The molecule has 0 aliphatic rings. The molecule has 6 heteroatoms. The molecule has 0 saturated heterocycles. The second-order valence-corrected chi connectivity index (χ2v) is 18.3. The molecule has 0 aliphatic carbocycles. The quantitative estimate of drug-likeness (QED) is 0.107. The van der Waals surface area contributed by atoms with Crippen LogP contribution in [0.25, 0.3) is 99.8 Å². The van der Waals surface area contributed by atoms with Crippen LogP contribution in [0.1, 0.15) is 51.0 Å². The Balaban J connectivity index is 0.986. The number of hydrogen-bond donors (Lipinski definition) is 0. The number of imidazole rings is 1. The third-order valence-electron chi connectivity index (χ3n) is 12.5. The van der Waals surface area contributed by atoms with Gasteiger partial charge in [-0.25, -0.2) is 4.98 Å². The van der Waals surface area contributed by atoms with Crippen molar-refractivity contribution in [2.45, 2.75) is 27.2 Å². The van der Waals surface area contributed by atoms with Gasteiger partial charge in [-0.05, 0) is 112 Å². The van der Waals surface area contributed by atoms with Crippen LogP contribution in [-0.2, 0) is 6.42 Å². The Morgan fingerprint density at radius 2 is 1.18 bits per heavy atom. The zero-order valence-electron chi connectivity index (χ0n) is 56.4. The van der Waals surface area contributed by atoms with Crippen LogP contribution in [0.15, 0.2) is 230 Å². The molecule has 0 unspecified atom stereocenters. The Morgan fingerprint density at radius 1 is 0.521 bits per heavy atom. The molecule has 71 heavy (non-hydrogen) atoms. The number of fused-ring (bicyclic) bond motifs is 7. The molecule has 0 spiro atoms. The molecule has 0 N–H and O–H groups in total. The molecule has 4 aromatic heterocycles. The maximum Gasteiger partial charge on any atom is 0.269 e. The Bertz CT molecular complexity index is 5030. The number of benzene rings is 9. The average molecular weight is 934 g/mol. The summed E-state index contributed by atoms with van der Waals surface area (Å²) in [6, 6.07) is 24.5. The summed E-state index contributed by atoms with van der Waals surface area (Å²) >= 11 is 0. The average Bonchev–Trinajstić information content (AvgIpc) is 1.61. The highest BCUT2D eigenvalue weighted by Gasteiger charge is 2.22. The van der Waals surface area contributed by atoms with Crippen molar-refractivity contribution in [2.75, 3.05) is 0 Å². The summed E-state index contributed by atoms with van der Waals surface area (Å²) < 4.78 is 172. The van der Waals surface area contributed by atoms with Gasteiger partial charge in [0.25, 0.3) is 6.33 Å². The van der Waals surface area contributed by atoms with Crippen LogP contribution in [0.3, 0.4) is 0 Å². The van der Waals surface area contributed by atoms with Gasteiger partial charge in [-0.1, -0.05) is 166 Å². The number of nitrogens with zero attached hydrogens (tertiary/aromatic N) is 5. The molecule has 13 aromatic rings. The Morgan fingerprint density at radius 3 is 1.90 bits per heavy atom. The van der Waals surface area contributed by atoms with Crippen LogP contribution in [0.4, 0.5) is 0 Å². The van der Waals surface area contributed by atoms with Gasteiger partial charge in [0.15, 0.2) is 0 Å². The van der Waals surface area contributed by atoms with Crippen molar-refractivity contribution in [3.8, 4) is 56.6 Å². The summed E-state index contributed by atoms with van der Waals surface area (Å²) in [6.07, 6.45) is 5.90. The van der Waals surface area contributed by atoms with Crippen LogP contribution in [0.5, 0.6) is 11.5 Å². The van der Waals surface area contributed by atoms with Gasteiger partial charge in [-0.2, -0.15) is 0 Å². The zero-order chi connectivity index (χ0) is 63.3. The molecule has 0 atom stereocenters. The minimum absolute atomic E-state index is 0.00727. The van der Waals surface area contributed by atoms with Gasteiger partial charge < -0.3 is 9.30 Å². The van der Waals surface area contributed by atoms with Gasteiger partial charge in [0.2, 0.25) is 0 Å². The van der Waals surface area contributed by atoms with Crippen molar-refractivity contribution >= 4 is 54.6 Å². The Hall–Kier alpha value is -9.00. The highest BCUT2D eigenvalue weighted by molar-refractivity contribution is 6.12. The van der Waals surface area contributed by atoms with Crippen molar-refractivity contribution in [2.24, 2.45) is 5.41 Å². The summed E-state index contributed by atoms with van der Waals surface area (Å²) in [5.41, 5.74) is 4.23. The van der Waals surface area contributed by atoms with Gasteiger partial charge in [-0.15, -0.1) is 0 Å². The Labute approximate surface area is 437 Å². The van der Waals surface area contributed by atoms with E-state index < -0.39 is 109 Å². The third-order valence-corrected chi connectivity index (χ3v) is 12.5. The van der Waals surface area contributed by atoms with E-state index >= 15 is 0 Å². The molecule has 340 valence electrons. The van der Waals surface area contributed by atoms with Gasteiger partial charge in [-0.3, -0.25) is 13.7 Å². The van der Waals surface area contributed by atoms with Crippen molar-refractivity contribution < 1.29 is 34.0 Å². The van der Waals surface area contributed by atoms with Crippen molar-refractivity contribution in [1.82, 2.24) is 18.7 Å². The van der Waals surface area contributed by atoms with E-state index in [9.17, 15) is 0 Å². The van der Waals surface area contributed by atoms with Gasteiger partial charge in [0.1, 0.15) is 17.3 Å². The molecular weight excluding hydrogens is 867 g/mol. The molecule has 4 heterocycles. The van der Waals surface area contributed by atoms with Crippen LogP contribution >= 0.6 is 0 Å². The number of rotatable bonds is 9. The lowest BCUT2D eigenvalue weighted by Gasteiger charge is -2.18. The molecule has 0 saturated carbocycles. The molecule has 0 aliphatic heterocycles. The van der Waals surface area contributed by atoms with E-state index in [1.165, 1.54) is 4.57 Å². The normalized spacial score (nSPS) is 15.5. The zero-order valence-corrected chi connectivity index (χ0v) is 38.4. The molecule has 13 rings (SSSR count). The highest BCUT2D eigenvalue weighted by atomic mass is 16.5. The minimum atomic E-state index is -0.607. The van der Waals surface area contributed by atoms with Crippen LogP contribution in [-0.4, -0.2) is 18.7 Å². The van der Waals surface area contributed by atoms with E-state index in [1.807, 2.05) is 59.2 Å². The summed E-state index contributed by atoms with van der Waals surface area (Å²) in [5.74, 6) is 1.38. The van der Waals surface area contributed by atoms with Crippen LogP contribution in [0, 0.1) is 11.7 Å². The lowest BCUT2D eigenvalue weighted by molar-refractivity contribution is -0.571. The number of hydrogen-bond acceptors (Lipinski definition) is 2. The number of para-hydroxylation sites is 5. The smallest absolute Gasteiger partial charge is 0.269 e. The van der Waals surface area contributed by atoms with E-state index in [4.69, 9.17) is 34.4 Å². The second-order valence-electron chi connectivity index (χ2n) is 18.3. The first-order valence-corrected chi connectivity index (χ1v) is 22.8. The maximum absolute atomic E-state index is 9.16. The molecule has 6 nitrogen and oxygen atoms in total. The van der Waals surface area contributed by atoms with Crippen molar-refractivity contribution in [1.29, 1.82) is 0 Å². The fraction of sp³-hybridized carbons (Fsp3) is 0.0769. The first-order chi connectivity index (χ1) is 42.3. The molecular formula is C65H49N5O. The lowest BCUT2D eigenvalue weighted by atomic mass is 9.88. The monoisotopic (exact) mass is 934 g/mol. The largest absolute Gasteiger partial charge is 0.458 e. The van der Waals surface area contributed by atoms with Crippen molar-refractivity contribution in [3.63, 3.8) is 0 Å². The summed E-state index contributed by atoms with van der Waals surface area (Å²) in [7, 11) is 0. The molecule has 0 amide bonds. The Kier molecular flexibility index (Phi) is 6.49. The number of aromatic nitrogens is 5.